The number of carbonyl (C=O) groups excluding carboxylic acids is 2. The van der Waals surface area contributed by atoms with Gasteiger partial charge in [-0.15, -0.1) is 0 Å². The summed E-state index contributed by atoms with van der Waals surface area (Å²) in [5.41, 5.74) is 2.89. The molecule has 4 amide bonds. The largest absolute Gasteiger partial charge is 0.335 e. The van der Waals surface area contributed by atoms with E-state index >= 15 is 0 Å². The second-order valence-electron chi connectivity index (χ2n) is 8.85. The molecule has 6 nitrogen and oxygen atoms in total. The molecule has 2 aromatic rings. The van der Waals surface area contributed by atoms with Gasteiger partial charge in [-0.2, -0.15) is 0 Å². The number of carbonyl (C=O) groups is 2. The Kier molecular flexibility index (Phi) is 6.44. The number of hydrogen-bond acceptors (Lipinski definition) is 2. The van der Waals surface area contributed by atoms with Gasteiger partial charge in [0, 0.05) is 18.3 Å². The lowest BCUT2D eigenvalue weighted by Crippen LogP contribution is -2.43. The van der Waals surface area contributed by atoms with Crippen molar-refractivity contribution in [3.63, 3.8) is 0 Å². The summed E-state index contributed by atoms with van der Waals surface area (Å²) in [6.07, 6.45) is 4.52. The molecule has 2 unspecified atom stereocenters. The van der Waals surface area contributed by atoms with E-state index in [2.05, 4.69) is 35.0 Å². The normalized spacial score (nSPS) is 17.4. The Morgan fingerprint density at radius 3 is 2.23 bits per heavy atom. The lowest BCUT2D eigenvalue weighted by atomic mass is 10.1. The molecule has 0 aromatic heterocycles. The quantitative estimate of drug-likeness (QED) is 0.548. The molecule has 0 heterocycles. The first-order chi connectivity index (χ1) is 15.0. The Labute approximate surface area is 184 Å². The lowest BCUT2D eigenvalue weighted by molar-refractivity contribution is 0.172. The number of benzene rings is 2. The summed E-state index contributed by atoms with van der Waals surface area (Å²) in [7, 11) is 0. The maximum atomic E-state index is 13.2. The topological polar surface area (TPSA) is 73.5 Å². The molecule has 0 spiro atoms. The van der Waals surface area contributed by atoms with Crippen LogP contribution in [0.5, 0.6) is 0 Å². The third-order valence-electron chi connectivity index (χ3n) is 6.08. The van der Waals surface area contributed by atoms with Crippen LogP contribution in [0.15, 0.2) is 54.6 Å². The highest BCUT2D eigenvalue weighted by molar-refractivity contribution is 5.89. The van der Waals surface area contributed by atoms with Gasteiger partial charge in [-0.1, -0.05) is 42.5 Å². The molecule has 0 radical (unpaired) electrons. The van der Waals surface area contributed by atoms with Crippen molar-refractivity contribution < 1.29 is 9.59 Å². The van der Waals surface area contributed by atoms with Crippen LogP contribution < -0.4 is 16.0 Å². The van der Waals surface area contributed by atoms with E-state index in [4.69, 9.17) is 0 Å². The maximum Gasteiger partial charge on any atom is 0.319 e. The molecule has 0 saturated heterocycles. The van der Waals surface area contributed by atoms with Crippen LogP contribution in [0.3, 0.4) is 0 Å². The maximum absolute atomic E-state index is 13.2. The Bertz CT molecular complexity index is 891. The molecule has 2 atom stereocenters. The summed E-state index contributed by atoms with van der Waals surface area (Å²) >= 11 is 0. The third kappa shape index (κ3) is 6.00. The number of hydrogen-bond donors (Lipinski definition) is 3. The molecule has 0 bridgehead atoms. The number of anilines is 1. The first kappa shape index (κ1) is 21.2. The standard InChI is InChI=1S/C25H32N4O2/c1-17(20-10-12-22(13-11-20)27-24(30)28-23-14-15-23)26-25(31)29(16-19-8-9-19)18(2)21-6-4-3-5-7-21/h3-7,10-13,17-19,23H,8-9,14-16H2,1-2H3,(H,26,31)(H2,27,28,30). The predicted octanol–water partition coefficient (Wildman–Crippen LogP) is 5.21. The zero-order chi connectivity index (χ0) is 21.8. The van der Waals surface area contributed by atoms with Gasteiger partial charge in [-0.05, 0) is 68.7 Å². The fraction of sp³-hybridized carbons (Fsp3) is 0.440. The summed E-state index contributed by atoms with van der Waals surface area (Å²) < 4.78 is 0. The van der Waals surface area contributed by atoms with E-state index in [0.717, 1.165) is 36.2 Å². The zero-order valence-corrected chi connectivity index (χ0v) is 18.3. The molecular weight excluding hydrogens is 388 g/mol. The fourth-order valence-electron chi connectivity index (χ4n) is 3.69. The molecule has 2 aromatic carbocycles. The molecule has 0 aliphatic heterocycles. The number of urea groups is 2. The Morgan fingerprint density at radius 1 is 0.935 bits per heavy atom. The monoisotopic (exact) mass is 420 g/mol. The minimum atomic E-state index is -0.165. The van der Waals surface area contributed by atoms with Gasteiger partial charge < -0.3 is 20.9 Å². The van der Waals surface area contributed by atoms with Gasteiger partial charge >= 0.3 is 12.1 Å². The van der Waals surface area contributed by atoms with Gasteiger partial charge in [-0.3, -0.25) is 0 Å². The van der Waals surface area contributed by atoms with E-state index in [-0.39, 0.29) is 24.1 Å². The van der Waals surface area contributed by atoms with Crippen LogP contribution in [-0.4, -0.2) is 29.5 Å². The van der Waals surface area contributed by atoms with Crippen molar-refractivity contribution in [2.45, 2.75) is 57.7 Å². The van der Waals surface area contributed by atoms with Gasteiger partial charge in [0.2, 0.25) is 0 Å². The summed E-state index contributed by atoms with van der Waals surface area (Å²) in [6, 6.07) is 17.8. The van der Waals surface area contributed by atoms with E-state index < -0.39 is 0 Å². The summed E-state index contributed by atoms with van der Waals surface area (Å²) in [6.45, 7) is 4.87. The van der Waals surface area contributed by atoms with Gasteiger partial charge in [0.1, 0.15) is 0 Å². The molecule has 31 heavy (non-hydrogen) atoms. The van der Waals surface area contributed by atoms with Crippen molar-refractivity contribution in [2.24, 2.45) is 5.92 Å². The highest BCUT2D eigenvalue weighted by Crippen LogP contribution is 2.33. The zero-order valence-electron chi connectivity index (χ0n) is 18.3. The first-order valence-corrected chi connectivity index (χ1v) is 11.3. The average Bonchev–Trinajstić information content (AvgIpc) is 3.69. The van der Waals surface area contributed by atoms with Gasteiger partial charge in [0.25, 0.3) is 0 Å². The summed E-state index contributed by atoms with van der Waals surface area (Å²) in [4.78, 5) is 27.0. The molecule has 2 aliphatic rings. The van der Waals surface area contributed by atoms with Crippen molar-refractivity contribution in [1.82, 2.24) is 15.5 Å². The van der Waals surface area contributed by atoms with E-state index in [1.54, 1.807) is 0 Å². The van der Waals surface area contributed by atoms with Crippen molar-refractivity contribution in [1.29, 1.82) is 0 Å². The number of rotatable bonds is 8. The van der Waals surface area contributed by atoms with Crippen LogP contribution >= 0.6 is 0 Å². The summed E-state index contributed by atoms with van der Waals surface area (Å²) in [5, 5.41) is 8.93. The van der Waals surface area contributed by atoms with Crippen molar-refractivity contribution in [3.8, 4) is 0 Å². The van der Waals surface area contributed by atoms with Crippen molar-refractivity contribution >= 4 is 17.7 Å². The van der Waals surface area contributed by atoms with Crippen LogP contribution in [0.1, 0.15) is 62.7 Å². The van der Waals surface area contributed by atoms with Gasteiger partial charge in [-0.25, -0.2) is 9.59 Å². The minimum absolute atomic E-state index is 0.0190. The highest BCUT2D eigenvalue weighted by atomic mass is 16.2. The lowest BCUT2D eigenvalue weighted by Gasteiger charge is -2.31. The molecule has 3 N–H and O–H groups in total. The van der Waals surface area contributed by atoms with Crippen LogP contribution in [0.25, 0.3) is 0 Å². The Hall–Kier alpha value is -3.02. The number of nitrogens with one attached hydrogen (secondary N) is 3. The second kappa shape index (κ2) is 9.41. The first-order valence-electron chi connectivity index (χ1n) is 11.3. The van der Waals surface area contributed by atoms with E-state index in [9.17, 15) is 9.59 Å². The van der Waals surface area contributed by atoms with Crippen LogP contribution in [0, 0.1) is 5.92 Å². The molecule has 2 fully saturated rings. The molecule has 6 heteroatoms. The molecule has 2 saturated carbocycles. The SMILES string of the molecule is CC(NC(=O)N(CC1CC1)C(C)c1ccccc1)c1ccc(NC(=O)NC2CC2)cc1. The van der Waals surface area contributed by atoms with E-state index in [1.165, 1.54) is 12.8 Å². The second-order valence-corrected chi connectivity index (χ2v) is 8.85. The number of amides is 4. The summed E-state index contributed by atoms with van der Waals surface area (Å²) in [5.74, 6) is 0.611. The molecule has 4 rings (SSSR count). The average molecular weight is 421 g/mol. The third-order valence-corrected chi connectivity index (χ3v) is 6.08. The van der Waals surface area contributed by atoms with E-state index in [1.807, 2.05) is 54.3 Å². The van der Waals surface area contributed by atoms with Gasteiger partial charge in [0.05, 0.1) is 12.1 Å². The molecule has 2 aliphatic carbocycles. The molecular formula is C25H32N4O2. The van der Waals surface area contributed by atoms with Crippen LogP contribution in [0.2, 0.25) is 0 Å². The van der Waals surface area contributed by atoms with Crippen molar-refractivity contribution in [3.05, 3.63) is 65.7 Å². The van der Waals surface area contributed by atoms with Crippen molar-refractivity contribution in [2.75, 3.05) is 11.9 Å². The van der Waals surface area contributed by atoms with Crippen LogP contribution in [0.4, 0.5) is 15.3 Å². The van der Waals surface area contributed by atoms with Gasteiger partial charge in [0.15, 0.2) is 0 Å². The Balaban J connectivity index is 1.36. The van der Waals surface area contributed by atoms with Crippen LogP contribution in [-0.2, 0) is 0 Å². The highest BCUT2D eigenvalue weighted by Gasteiger charge is 2.30. The Morgan fingerprint density at radius 2 is 1.61 bits per heavy atom. The molecule has 164 valence electrons. The minimum Gasteiger partial charge on any atom is -0.335 e. The fourth-order valence-corrected chi connectivity index (χ4v) is 3.69. The number of nitrogens with zero attached hydrogens (tertiary/aromatic N) is 1. The predicted molar refractivity (Wildman–Crippen MR) is 123 cm³/mol. The van der Waals surface area contributed by atoms with E-state index in [0.29, 0.717) is 12.0 Å². The smallest absolute Gasteiger partial charge is 0.319 e.